The van der Waals surface area contributed by atoms with Crippen molar-refractivity contribution in [1.29, 1.82) is 0 Å². The van der Waals surface area contributed by atoms with Crippen molar-refractivity contribution < 1.29 is 19.2 Å². The quantitative estimate of drug-likeness (QED) is 0.235. The molecule has 0 amide bonds. The third kappa shape index (κ3) is 4.97. The minimum atomic E-state index is -0.937. The number of halogens is 3. The number of aromatic carboxylic acids is 1. The summed E-state index contributed by atoms with van der Waals surface area (Å²) < 4.78 is 12.1. The number of rotatable bonds is 7. The fourth-order valence-electron chi connectivity index (χ4n) is 5.41. The number of fused-ring (bicyclic) bond motifs is 1. The molecule has 1 atom stereocenters. The Hall–Kier alpha value is -3.19. The summed E-state index contributed by atoms with van der Waals surface area (Å²) in [7, 11) is 1.99. The van der Waals surface area contributed by atoms with E-state index in [4.69, 9.17) is 44.1 Å². The second kappa shape index (κ2) is 10.4. The molecule has 0 bridgehead atoms. The first-order chi connectivity index (χ1) is 18.8. The summed E-state index contributed by atoms with van der Waals surface area (Å²) in [5, 5.41) is 15.3. The maximum absolute atomic E-state index is 11.5. The van der Waals surface area contributed by atoms with Gasteiger partial charge in [0.2, 0.25) is 0 Å². The van der Waals surface area contributed by atoms with Crippen molar-refractivity contribution in [2.75, 3.05) is 11.9 Å². The number of anilines is 1. The Kier molecular flexibility index (Phi) is 6.96. The van der Waals surface area contributed by atoms with Gasteiger partial charge in [-0.05, 0) is 67.1 Å². The Balaban J connectivity index is 1.27. The lowest BCUT2D eigenvalue weighted by atomic mass is 9.91. The van der Waals surface area contributed by atoms with Crippen LogP contribution in [0.4, 0.5) is 5.69 Å². The molecule has 0 spiro atoms. The van der Waals surface area contributed by atoms with E-state index in [1.165, 1.54) is 0 Å². The molecule has 4 aromatic rings. The third-order valence-corrected chi connectivity index (χ3v) is 8.41. The van der Waals surface area contributed by atoms with Gasteiger partial charge >= 0.3 is 5.97 Å². The molecule has 200 valence electrons. The summed E-state index contributed by atoms with van der Waals surface area (Å²) in [5.74, 6) is 0.852. The molecular formula is C30H25Cl3N2O4. The molecule has 0 saturated heterocycles. The summed E-state index contributed by atoms with van der Waals surface area (Å²) >= 11 is 19.8. The van der Waals surface area contributed by atoms with Crippen LogP contribution in [0.2, 0.25) is 15.1 Å². The summed E-state index contributed by atoms with van der Waals surface area (Å²) in [4.78, 5) is 13.6. The lowest BCUT2D eigenvalue weighted by Gasteiger charge is -2.37. The topological polar surface area (TPSA) is 75.8 Å². The largest absolute Gasteiger partial charge is 0.489 e. The van der Waals surface area contributed by atoms with Crippen molar-refractivity contribution in [3.05, 3.63) is 97.7 Å². The van der Waals surface area contributed by atoms with Crippen LogP contribution in [0.25, 0.3) is 11.3 Å². The number of carboxylic acid groups (broad SMARTS) is 1. The van der Waals surface area contributed by atoms with E-state index >= 15 is 0 Å². The second-order valence-electron chi connectivity index (χ2n) is 10.0. The molecule has 1 aliphatic heterocycles. The number of ether oxygens (including phenoxy) is 1. The highest BCUT2D eigenvalue weighted by Crippen LogP contribution is 2.47. The molecule has 1 fully saturated rings. The van der Waals surface area contributed by atoms with E-state index < -0.39 is 5.97 Å². The predicted molar refractivity (Wildman–Crippen MR) is 153 cm³/mol. The number of hydrogen-bond acceptors (Lipinski definition) is 5. The predicted octanol–water partition coefficient (Wildman–Crippen LogP) is 8.58. The first-order valence-corrected chi connectivity index (χ1v) is 13.9. The number of nitrogens with zero attached hydrogens (tertiary/aromatic N) is 2. The molecule has 1 aromatic heterocycles. The molecule has 1 N–H and O–H groups in total. The zero-order valence-electron chi connectivity index (χ0n) is 21.1. The standard InChI is InChI=1S/C30H25Cl3N2O4/c1-35-25(17-4-2-5-19(12-17)30(36)37)11-10-18-13-20(14-24(33)28(18)35)38-15-21-27(34-39-29(21)16-8-9-16)26-22(31)6-3-7-23(26)32/h2-7,12-14,16,25H,8-11,15H2,1H3,(H,36,37). The Morgan fingerprint density at radius 1 is 1.05 bits per heavy atom. The fraction of sp³-hybridized carbons (Fsp3) is 0.267. The number of aryl methyl sites for hydroxylation is 1. The number of aromatic nitrogens is 1. The zero-order valence-corrected chi connectivity index (χ0v) is 23.4. The van der Waals surface area contributed by atoms with Gasteiger partial charge in [0, 0.05) is 24.6 Å². The monoisotopic (exact) mass is 582 g/mol. The summed E-state index contributed by atoms with van der Waals surface area (Å²) in [6.45, 7) is 0.238. The number of carboxylic acids is 1. The maximum Gasteiger partial charge on any atom is 0.335 e. The Morgan fingerprint density at radius 2 is 1.79 bits per heavy atom. The van der Waals surface area contributed by atoms with Gasteiger partial charge in [0.1, 0.15) is 23.8 Å². The lowest BCUT2D eigenvalue weighted by molar-refractivity contribution is 0.0696. The van der Waals surface area contributed by atoms with Gasteiger partial charge in [0.15, 0.2) is 0 Å². The van der Waals surface area contributed by atoms with Gasteiger partial charge in [-0.25, -0.2) is 4.79 Å². The van der Waals surface area contributed by atoms with E-state index in [0.717, 1.165) is 53.8 Å². The molecule has 6 nitrogen and oxygen atoms in total. The van der Waals surface area contributed by atoms with E-state index in [9.17, 15) is 9.90 Å². The van der Waals surface area contributed by atoms with E-state index in [2.05, 4.69) is 10.1 Å². The molecule has 1 saturated carbocycles. The highest BCUT2D eigenvalue weighted by Gasteiger charge is 2.34. The summed E-state index contributed by atoms with van der Waals surface area (Å²) in [6.07, 6.45) is 3.69. The Labute approximate surface area is 241 Å². The molecule has 1 unspecified atom stereocenters. The van der Waals surface area contributed by atoms with Crippen LogP contribution >= 0.6 is 34.8 Å². The van der Waals surface area contributed by atoms with Crippen LogP contribution in [0.5, 0.6) is 5.75 Å². The second-order valence-corrected chi connectivity index (χ2v) is 11.3. The SMILES string of the molecule is CN1c2c(Cl)cc(OCc3c(-c4c(Cl)cccc4Cl)noc3C3CC3)cc2CCC1c1cccc(C(=O)O)c1. The van der Waals surface area contributed by atoms with Gasteiger partial charge in [-0.2, -0.15) is 0 Å². The van der Waals surface area contributed by atoms with Crippen LogP contribution in [0.15, 0.2) is 59.1 Å². The summed E-state index contributed by atoms with van der Waals surface area (Å²) in [5.41, 5.74) is 5.31. The molecule has 2 aliphatic rings. The molecule has 1 aliphatic carbocycles. The van der Waals surface area contributed by atoms with Gasteiger partial charge in [-0.1, -0.05) is 58.2 Å². The van der Waals surface area contributed by atoms with E-state index in [1.54, 1.807) is 36.4 Å². The van der Waals surface area contributed by atoms with Crippen molar-refractivity contribution in [2.45, 2.75) is 44.2 Å². The molecule has 0 radical (unpaired) electrons. The van der Waals surface area contributed by atoms with Gasteiger partial charge < -0.3 is 19.3 Å². The van der Waals surface area contributed by atoms with Gasteiger partial charge in [-0.15, -0.1) is 0 Å². The van der Waals surface area contributed by atoms with E-state index in [0.29, 0.717) is 38.0 Å². The van der Waals surface area contributed by atoms with Crippen molar-refractivity contribution in [3.8, 4) is 17.0 Å². The first kappa shape index (κ1) is 26.1. The lowest BCUT2D eigenvalue weighted by Crippen LogP contribution is -2.29. The highest BCUT2D eigenvalue weighted by atomic mass is 35.5. The average molecular weight is 584 g/mol. The third-order valence-electron chi connectivity index (χ3n) is 7.49. The molecule has 9 heteroatoms. The van der Waals surface area contributed by atoms with Crippen molar-refractivity contribution >= 4 is 46.5 Å². The van der Waals surface area contributed by atoms with Gasteiger partial charge in [0.25, 0.3) is 0 Å². The smallest absolute Gasteiger partial charge is 0.335 e. The van der Waals surface area contributed by atoms with E-state index in [1.807, 2.05) is 25.2 Å². The summed E-state index contributed by atoms with van der Waals surface area (Å²) in [6, 6.07) is 16.3. The maximum atomic E-state index is 11.5. The molecule has 3 aromatic carbocycles. The zero-order chi connectivity index (χ0) is 27.3. The van der Waals surface area contributed by atoms with Crippen LogP contribution in [-0.2, 0) is 13.0 Å². The molecule has 39 heavy (non-hydrogen) atoms. The van der Waals surface area contributed by atoms with Crippen LogP contribution in [-0.4, -0.2) is 23.3 Å². The number of carbonyl (C=O) groups is 1. The van der Waals surface area contributed by atoms with Crippen LogP contribution in [0.1, 0.15) is 64.0 Å². The molecule has 2 heterocycles. The number of hydrogen-bond donors (Lipinski definition) is 1. The number of benzene rings is 3. The highest BCUT2D eigenvalue weighted by molar-refractivity contribution is 6.39. The van der Waals surface area contributed by atoms with Crippen LogP contribution in [0.3, 0.4) is 0 Å². The molecule has 6 rings (SSSR count). The Morgan fingerprint density at radius 3 is 2.51 bits per heavy atom. The van der Waals surface area contributed by atoms with Crippen LogP contribution < -0.4 is 9.64 Å². The van der Waals surface area contributed by atoms with E-state index in [-0.39, 0.29) is 18.2 Å². The fourth-order valence-corrected chi connectivity index (χ4v) is 6.35. The molecular weight excluding hydrogens is 559 g/mol. The van der Waals surface area contributed by atoms with Crippen molar-refractivity contribution in [3.63, 3.8) is 0 Å². The van der Waals surface area contributed by atoms with Gasteiger partial charge in [0.05, 0.1) is 37.9 Å². The van der Waals surface area contributed by atoms with Crippen molar-refractivity contribution in [1.82, 2.24) is 5.16 Å². The van der Waals surface area contributed by atoms with Crippen LogP contribution in [0, 0.1) is 0 Å². The first-order valence-electron chi connectivity index (χ1n) is 12.8. The minimum absolute atomic E-state index is 0.0158. The normalized spacial score (nSPS) is 16.7. The van der Waals surface area contributed by atoms with Gasteiger partial charge in [-0.3, -0.25) is 0 Å². The average Bonchev–Trinajstić information content (AvgIpc) is 3.67. The van der Waals surface area contributed by atoms with Crippen molar-refractivity contribution in [2.24, 2.45) is 0 Å². The Bertz CT molecular complexity index is 1560. The minimum Gasteiger partial charge on any atom is -0.489 e.